The van der Waals surface area contributed by atoms with E-state index in [0.717, 1.165) is 21.1 Å². The Labute approximate surface area is 202 Å². The summed E-state index contributed by atoms with van der Waals surface area (Å²) in [6.45, 7) is 7.65. The monoisotopic (exact) mass is 496 g/mol. The van der Waals surface area contributed by atoms with Crippen molar-refractivity contribution in [1.82, 2.24) is 15.3 Å². The lowest BCUT2D eigenvalue weighted by atomic mass is 9.94. The molecule has 0 unspecified atom stereocenters. The molecule has 7 nitrogen and oxygen atoms in total. The molecular weight excluding hydrogens is 468 g/mol. The lowest BCUT2D eigenvalue weighted by Crippen LogP contribution is -2.17. The largest absolute Gasteiger partial charge is 0.444 e. The Morgan fingerprint density at radius 2 is 1.88 bits per heavy atom. The van der Waals surface area contributed by atoms with Crippen LogP contribution in [0.4, 0.5) is 5.13 Å². The summed E-state index contributed by atoms with van der Waals surface area (Å²) < 4.78 is 6.80. The number of aliphatic hydroxyl groups excluding tert-OH is 1. The molecule has 3 aromatic rings. The summed E-state index contributed by atoms with van der Waals surface area (Å²) in [5.41, 5.74) is 1.99. The highest BCUT2D eigenvalue weighted by molar-refractivity contribution is 8.00. The van der Waals surface area contributed by atoms with Crippen LogP contribution in [-0.4, -0.2) is 34.1 Å². The van der Waals surface area contributed by atoms with Crippen LogP contribution in [-0.2, 0) is 28.9 Å². The molecule has 0 aliphatic heterocycles. The molecule has 0 saturated heterocycles. The summed E-state index contributed by atoms with van der Waals surface area (Å²) in [5.74, 6) is 2.07. The Morgan fingerprint density at radius 1 is 1.16 bits per heavy atom. The van der Waals surface area contributed by atoms with Crippen LogP contribution in [0.15, 0.2) is 45.3 Å². The first-order chi connectivity index (χ1) is 14.8. The lowest BCUT2D eigenvalue weighted by molar-refractivity contribution is -0.115. The molecule has 0 saturated carbocycles. The number of thioether (sulfide) groups is 1. The van der Waals surface area contributed by atoms with Gasteiger partial charge >= 0.3 is 0 Å². The van der Waals surface area contributed by atoms with Gasteiger partial charge in [-0.05, 0) is 11.1 Å². The molecule has 0 bridgehead atoms. The first-order valence-electron chi connectivity index (χ1n) is 10.1. The summed E-state index contributed by atoms with van der Waals surface area (Å²) in [5, 5.41) is 15.4. The normalized spacial score (nSPS) is 11.2. The minimum Gasteiger partial charge on any atom is -0.444 e. The second kappa shape index (κ2) is 12.4. The number of aliphatic hydroxyl groups is 1. The van der Waals surface area contributed by atoms with Crippen LogP contribution >= 0.6 is 35.5 Å². The number of oxazole rings is 1. The van der Waals surface area contributed by atoms with E-state index < -0.39 is 0 Å². The van der Waals surface area contributed by atoms with Gasteiger partial charge in [0.1, 0.15) is 5.76 Å². The number of carbonyl (C=O) groups is 1. The van der Waals surface area contributed by atoms with E-state index in [4.69, 9.17) is 9.52 Å². The molecule has 32 heavy (non-hydrogen) atoms. The van der Waals surface area contributed by atoms with Crippen molar-refractivity contribution >= 4 is 46.5 Å². The van der Waals surface area contributed by atoms with Gasteiger partial charge < -0.3 is 20.2 Å². The molecular formula is C22H29ClN4O3S2. The van der Waals surface area contributed by atoms with Gasteiger partial charge in [0.25, 0.3) is 0 Å². The number of thiazole rings is 1. The second-order valence-corrected chi connectivity index (χ2v) is 10.4. The van der Waals surface area contributed by atoms with Crippen molar-refractivity contribution in [2.75, 3.05) is 18.5 Å². The van der Waals surface area contributed by atoms with Crippen molar-refractivity contribution in [3.05, 3.63) is 59.4 Å². The Kier molecular flexibility index (Phi) is 10.2. The van der Waals surface area contributed by atoms with Gasteiger partial charge in [-0.1, -0.05) is 56.4 Å². The van der Waals surface area contributed by atoms with Crippen molar-refractivity contribution in [2.24, 2.45) is 0 Å². The highest BCUT2D eigenvalue weighted by Gasteiger charge is 2.19. The van der Waals surface area contributed by atoms with Crippen LogP contribution in [0.2, 0.25) is 0 Å². The van der Waals surface area contributed by atoms with Gasteiger partial charge in [-0.3, -0.25) is 4.79 Å². The number of nitrogens with one attached hydrogen (secondary N) is 2. The van der Waals surface area contributed by atoms with E-state index in [1.54, 1.807) is 24.2 Å². The maximum absolute atomic E-state index is 12.3. The minimum atomic E-state index is -0.0976. The summed E-state index contributed by atoms with van der Waals surface area (Å²) in [6.07, 6.45) is 3.83. The van der Waals surface area contributed by atoms with E-state index in [-0.39, 0.29) is 36.8 Å². The van der Waals surface area contributed by atoms with E-state index in [9.17, 15) is 4.79 Å². The summed E-state index contributed by atoms with van der Waals surface area (Å²) in [6, 6.07) is 7.86. The number of carbonyl (C=O) groups excluding carboxylic acids is 1. The molecule has 2 aromatic heterocycles. The third kappa shape index (κ3) is 8.22. The first-order valence-corrected chi connectivity index (χ1v) is 11.9. The number of anilines is 1. The average Bonchev–Trinajstić information content (AvgIpc) is 3.37. The second-order valence-electron chi connectivity index (χ2n) is 8.08. The van der Waals surface area contributed by atoms with Crippen molar-refractivity contribution in [3.8, 4) is 0 Å². The van der Waals surface area contributed by atoms with Crippen molar-refractivity contribution in [2.45, 2.75) is 49.1 Å². The highest BCUT2D eigenvalue weighted by atomic mass is 35.5. The highest BCUT2D eigenvalue weighted by Crippen LogP contribution is 2.31. The van der Waals surface area contributed by atoms with Crippen molar-refractivity contribution in [1.29, 1.82) is 0 Å². The minimum absolute atomic E-state index is 0. The van der Waals surface area contributed by atoms with Crippen LogP contribution in [0.5, 0.6) is 0 Å². The Bertz CT molecular complexity index is 984. The smallest absolute Gasteiger partial charge is 0.230 e. The standard InChI is InChI=1S/C22H28N4O3S2.ClH/c1-22(2,3)17-12-24-19(29-17)14-30-20-13-25-21(31-20)26-18(28)10-15-4-6-16(7-5-15)11-23-8-9-27;/h4-7,12-13,23,27H,8-11,14H2,1-3H3,(H,25,26,28);1H. The third-order valence-electron chi connectivity index (χ3n) is 4.37. The number of hydrogen-bond donors (Lipinski definition) is 3. The first kappa shape index (κ1) is 26.3. The lowest BCUT2D eigenvalue weighted by Gasteiger charge is -2.12. The molecule has 3 rings (SSSR count). The van der Waals surface area contributed by atoms with Gasteiger partial charge in [0.2, 0.25) is 11.8 Å². The number of halogens is 1. The molecule has 3 N–H and O–H groups in total. The number of aromatic nitrogens is 2. The molecule has 0 radical (unpaired) electrons. The van der Waals surface area contributed by atoms with E-state index in [0.29, 0.717) is 29.9 Å². The zero-order valence-corrected chi connectivity index (χ0v) is 20.8. The number of amides is 1. The number of rotatable bonds is 10. The predicted octanol–water partition coefficient (Wildman–Crippen LogP) is 4.41. The SMILES string of the molecule is CC(C)(C)c1cnc(CSc2cnc(NC(=O)Cc3ccc(CNCCO)cc3)s2)o1.Cl. The van der Waals surface area contributed by atoms with E-state index in [2.05, 4.69) is 41.4 Å². The zero-order chi connectivity index (χ0) is 22.3. The fraction of sp³-hybridized carbons (Fsp3) is 0.409. The fourth-order valence-corrected chi connectivity index (χ4v) is 4.42. The van der Waals surface area contributed by atoms with Gasteiger partial charge in [0, 0.05) is 18.5 Å². The van der Waals surface area contributed by atoms with Crippen LogP contribution in [0.25, 0.3) is 0 Å². The molecule has 174 valence electrons. The molecule has 0 aliphatic rings. The fourth-order valence-electron chi connectivity index (χ4n) is 2.68. The average molecular weight is 497 g/mol. The van der Waals surface area contributed by atoms with Crippen LogP contribution in [0.3, 0.4) is 0 Å². The van der Waals surface area contributed by atoms with Crippen molar-refractivity contribution in [3.63, 3.8) is 0 Å². The molecule has 0 aliphatic carbocycles. The van der Waals surface area contributed by atoms with E-state index in [1.165, 1.54) is 11.3 Å². The molecule has 1 amide bonds. The van der Waals surface area contributed by atoms with Gasteiger partial charge in [-0.15, -0.1) is 24.2 Å². The molecule has 10 heteroatoms. The van der Waals surface area contributed by atoms with Crippen LogP contribution in [0, 0.1) is 0 Å². The Balaban J connectivity index is 0.00000363. The van der Waals surface area contributed by atoms with E-state index >= 15 is 0 Å². The summed E-state index contributed by atoms with van der Waals surface area (Å²) >= 11 is 3.02. The summed E-state index contributed by atoms with van der Waals surface area (Å²) in [4.78, 5) is 21.0. The Hall–Kier alpha value is -1.91. The maximum atomic E-state index is 12.3. The Morgan fingerprint density at radius 3 is 2.53 bits per heavy atom. The number of nitrogens with zero attached hydrogens (tertiary/aromatic N) is 2. The number of benzene rings is 1. The van der Waals surface area contributed by atoms with Crippen LogP contribution in [0.1, 0.15) is 43.5 Å². The van der Waals surface area contributed by atoms with Gasteiger partial charge in [-0.2, -0.15) is 0 Å². The molecule has 1 aromatic carbocycles. The third-order valence-corrected chi connectivity index (χ3v) is 6.46. The number of hydrogen-bond acceptors (Lipinski definition) is 8. The van der Waals surface area contributed by atoms with Gasteiger partial charge in [-0.25, -0.2) is 9.97 Å². The topological polar surface area (TPSA) is 100 Å². The van der Waals surface area contributed by atoms with Crippen molar-refractivity contribution < 1.29 is 14.3 Å². The zero-order valence-electron chi connectivity index (χ0n) is 18.4. The molecule has 0 spiro atoms. The van der Waals surface area contributed by atoms with E-state index in [1.807, 2.05) is 24.3 Å². The maximum Gasteiger partial charge on any atom is 0.230 e. The van der Waals surface area contributed by atoms with Gasteiger partial charge in [0.05, 0.1) is 35.4 Å². The molecule has 0 fully saturated rings. The quantitative estimate of drug-likeness (QED) is 0.282. The van der Waals surface area contributed by atoms with Gasteiger partial charge in [0.15, 0.2) is 5.13 Å². The summed E-state index contributed by atoms with van der Waals surface area (Å²) in [7, 11) is 0. The van der Waals surface area contributed by atoms with Crippen LogP contribution < -0.4 is 10.6 Å². The molecule has 2 heterocycles. The predicted molar refractivity (Wildman–Crippen MR) is 132 cm³/mol. The molecule has 0 atom stereocenters.